The van der Waals surface area contributed by atoms with Gasteiger partial charge >= 0.3 is 0 Å². The number of anilines is 2. The highest BCUT2D eigenvalue weighted by molar-refractivity contribution is 6.05. The number of nitrogens with zero attached hydrogens (tertiary/aromatic N) is 5. The van der Waals surface area contributed by atoms with E-state index in [0.717, 1.165) is 5.56 Å². The first kappa shape index (κ1) is 16.2. The molecular weight excluding hydrogens is 362 g/mol. The standard InChI is InChI=1S/C18H15N7O3/c1-10-15(17(26)21-14-4-2-3-7-19-14)16(25-18(20-10)22-23-24-25)11-5-6-12-13(8-11)28-9-27-12/h2-8,16H,9H2,1H3,(H,19,21,26)(H,20,22,24)/t16-/m1/s1. The van der Waals surface area contributed by atoms with E-state index in [1.165, 1.54) is 0 Å². The molecule has 0 fully saturated rings. The van der Waals surface area contributed by atoms with Crippen LogP contribution < -0.4 is 20.1 Å². The van der Waals surface area contributed by atoms with Gasteiger partial charge in [-0.1, -0.05) is 17.2 Å². The van der Waals surface area contributed by atoms with Crippen LogP contribution in [0.2, 0.25) is 0 Å². The number of carbonyl (C=O) groups is 1. The molecule has 5 rings (SSSR count). The van der Waals surface area contributed by atoms with E-state index in [1.54, 1.807) is 29.1 Å². The zero-order chi connectivity index (χ0) is 19.1. The quantitative estimate of drug-likeness (QED) is 0.709. The highest BCUT2D eigenvalue weighted by Crippen LogP contribution is 2.40. The summed E-state index contributed by atoms with van der Waals surface area (Å²) in [6, 6.07) is 10.3. The first-order valence-electron chi connectivity index (χ1n) is 8.58. The van der Waals surface area contributed by atoms with Crippen molar-refractivity contribution in [3.8, 4) is 11.5 Å². The van der Waals surface area contributed by atoms with Crippen LogP contribution in [0.5, 0.6) is 11.5 Å². The Bertz CT molecular complexity index is 1090. The van der Waals surface area contributed by atoms with Crippen molar-refractivity contribution in [1.29, 1.82) is 0 Å². The zero-order valence-corrected chi connectivity index (χ0v) is 14.8. The lowest BCUT2D eigenvalue weighted by atomic mass is 9.94. The number of tetrazole rings is 1. The molecule has 10 heteroatoms. The molecule has 2 N–H and O–H groups in total. The lowest BCUT2D eigenvalue weighted by Gasteiger charge is -2.28. The van der Waals surface area contributed by atoms with Crippen LogP contribution in [0.1, 0.15) is 18.5 Å². The summed E-state index contributed by atoms with van der Waals surface area (Å²) in [6.45, 7) is 1.98. The molecule has 1 atom stereocenters. The maximum Gasteiger partial charge on any atom is 0.257 e. The van der Waals surface area contributed by atoms with E-state index in [4.69, 9.17) is 9.47 Å². The molecule has 28 heavy (non-hydrogen) atoms. The van der Waals surface area contributed by atoms with Crippen molar-refractivity contribution in [3.63, 3.8) is 0 Å². The minimum atomic E-state index is -0.538. The molecule has 140 valence electrons. The predicted octanol–water partition coefficient (Wildman–Crippen LogP) is 1.72. The summed E-state index contributed by atoms with van der Waals surface area (Å²) >= 11 is 0. The lowest BCUT2D eigenvalue weighted by Crippen LogP contribution is -2.31. The van der Waals surface area contributed by atoms with Gasteiger partial charge in [0.1, 0.15) is 11.9 Å². The van der Waals surface area contributed by atoms with Gasteiger partial charge in [0.05, 0.1) is 5.57 Å². The maximum atomic E-state index is 13.1. The minimum absolute atomic E-state index is 0.170. The van der Waals surface area contributed by atoms with E-state index in [9.17, 15) is 4.79 Å². The molecule has 0 radical (unpaired) electrons. The van der Waals surface area contributed by atoms with E-state index in [2.05, 4.69) is 31.1 Å². The van der Waals surface area contributed by atoms with Crippen molar-refractivity contribution in [2.45, 2.75) is 13.0 Å². The molecule has 0 aliphatic carbocycles. The van der Waals surface area contributed by atoms with Crippen LogP contribution in [0.15, 0.2) is 53.9 Å². The van der Waals surface area contributed by atoms with Gasteiger partial charge in [-0.05, 0) is 47.2 Å². The summed E-state index contributed by atoms with van der Waals surface area (Å²) in [5.74, 6) is 1.89. The SMILES string of the molecule is CC1=C(C(=O)Nc2ccccn2)[C@@H](c2ccc3c(c2)OCO3)n2nnnc2N1. The molecule has 0 spiro atoms. The van der Waals surface area contributed by atoms with Crippen LogP contribution in [-0.2, 0) is 4.79 Å². The maximum absolute atomic E-state index is 13.1. The van der Waals surface area contributed by atoms with Gasteiger partial charge in [-0.25, -0.2) is 4.98 Å². The number of benzene rings is 1. The number of hydrogen-bond donors (Lipinski definition) is 2. The Morgan fingerprint density at radius 3 is 3.00 bits per heavy atom. The van der Waals surface area contributed by atoms with E-state index in [0.29, 0.717) is 34.5 Å². The smallest absolute Gasteiger partial charge is 0.257 e. The van der Waals surface area contributed by atoms with Gasteiger partial charge in [0, 0.05) is 11.9 Å². The fourth-order valence-corrected chi connectivity index (χ4v) is 3.32. The molecule has 0 bridgehead atoms. The van der Waals surface area contributed by atoms with Crippen molar-refractivity contribution in [1.82, 2.24) is 25.2 Å². The summed E-state index contributed by atoms with van der Waals surface area (Å²) < 4.78 is 12.4. The van der Waals surface area contributed by atoms with Crippen LogP contribution >= 0.6 is 0 Å². The summed E-state index contributed by atoms with van der Waals surface area (Å²) in [5, 5.41) is 17.7. The number of allylic oxidation sites excluding steroid dienone is 1. The summed E-state index contributed by atoms with van der Waals surface area (Å²) in [4.78, 5) is 17.3. The van der Waals surface area contributed by atoms with Gasteiger partial charge in [-0.2, -0.15) is 4.68 Å². The van der Waals surface area contributed by atoms with Gasteiger partial charge < -0.3 is 20.1 Å². The second-order valence-electron chi connectivity index (χ2n) is 6.30. The zero-order valence-electron chi connectivity index (χ0n) is 14.8. The molecule has 3 aromatic rings. The molecular formula is C18H15N7O3. The highest BCUT2D eigenvalue weighted by atomic mass is 16.7. The number of carbonyl (C=O) groups excluding carboxylic acids is 1. The van der Waals surface area contributed by atoms with Crippen molar-refractivity contribution >= 4 is 17.7 Å². The van der Waals surface area contributed by atoms with E-state index in [1.807, 2.05) is 25.1 Å². The number of nitrogens with one attached hydrogen (secondary N) is 2. The van der Waals surface area contributed by atoms with Crippen LogP contribution in [0.25, 0.3) is 0 Å². The van der Waals surface area contributed by atoms with Gasteiger partial charge in [0.2, 0.25) is 12.7 Å². The van der Waals surface area contributed by atoms with Gasteiger partial charge in [-0.15, -0.1) is 0 Å². The average Bonchev–Trinajstić information content (AvgIpc) is 3.35. The number of rotatable bonds is 3. The molecule has 2 aliphatic heterocycles. The number of ether oxygens (including phenoxy) is 2. The van der Waals surface area contributed by atoms with Gasteiger partial charge in [0.15, 0.2) is 11.5 Å². The molecule has 2 aromatic heterocycles. The van der Waals surface area contributed by atoms with Crippen molar-refractivity contribution < 1.29 is 14.3 Å². The van der Waals surface area contributed by atoms with Crippen LogP contribution in [0.4, 0.5) is 11.8 Å². The summed E-state index contributed by atoms with van der Waals surface area (Å²) in [7, 11) is 0. The molecule has 1 aromatic carbocycles. The minimum Gasteiger partial charge on any atom is -0.454 e. The summed E-state index contributed by atoms with van der Waals surface area (Å²) in [5.41, 5.74) is 1.92. The molecule has 10 nitrogen and oxygen atoms in total. The third kappa shape index (κ3) is 2.62. The Balaban J connectivity index is 1.58. The number of amides is 1. The second-order valence-corrected chi connectivity index (χ2v) is 6.30. The van der Waals surface area contributed by atoms with Crippen molar-refractivity contribution in [2.24, 2.45) is 0 Å². The average molecular weight is 377 g/mol. The number of pyridine rings is 1. The second kappa shape index (κ2) is 6.34. The fraction of sp³-hybridized carbons (Fsp3) is 0.167. The van der Waals surface area contributed by atoms with Gasteiger partial charge in [0.25, 0.3) is 5.91 Å². The Labute approximate surface area is 159 Å². The van der Waals surface area contributed by atoms with Crippen molar-refractivity contribution in [3.05, 3.63) is 59.4 Å². The van der Waals surface area contributed by atoms with Crippen LogP contribution in [-0.4, -0.2) is 37.9 Å². The van der Waals surface area contributed by atoms with E-state index in [-0.39, 0.29) is 12.7 Å². The molecule has 0 saturated carbocycles. The first-order valence-corrected chi connectivity index (χ1v) is 8.58. The largest absolute Gasteiger partial charge is 0.454 e. The Kier molecular flexibility index (Phi) is 3.68. The van der Waals surface area contributed by atoms with E-state index >= 15 is 0 Å². The number of fused-ring (bicyclic) bond motifs is 2. The van der Waals surface area contributed by atoms with Crippen LogP contribution in [0, 0.1) is 0 Å². The Morgan fingerprint density at radius 1 is 1.25 bits per heavy atom. The lowest BCUT2D eigenvalue weighted by molar-refractivity contribution is -0.113. The molecule has 1 amide bonds. The monoisotopic (exact) mass is 377 g/mol. The Hall–Kier alpha value is -3.95. The topological polar surface area (TPSA) is 116 Å². The third-order valence-electron chi connectivity index (χ3n) is 4.58. The van der Waals surface area contributed by atoms with Crippen molar-refractivity contribution in [2.75, 3.05) is 17.4 Å². The third-order valence-corrected chi connectivity index (χ3v) is 4.58. The van der Waals surface area contributed by atoms with Crippen LogP contribution in [0.3, 0.4) is 0 Å². The molecule has 4 heterocycles. The predicted molar refractivity (Wildman–Crippen MR) is 97.7 cm³/mol. The highest BCUT2D eigenvalue weighted by Gasteiger charge is 2.35. The van der Waals surface area contributed by atoms with Gasteiger partial charge in [-0.3, -0.25) is 4.79 Å². The molecule has 2 aliphatic rings. The normalized spacial score (nSPS) is 17.1. The number of aromatic nitrogens is 5. The number of hydrogen-bond acceptors (Lipinski definition) is 8. The molecule has 0 unspecified atom stereocenters. The first-order chi connectivity index (χ1) is 13.7. The fourth-order valence-electron chi connectivity index (χ4n) is 3.32. The molecule has 0 saturated heterocycles. The Morgan fingerprint density at radius 2 is 2.14 bits per heavy atom. The summed E-state index contributed by atoms with van der Waals surface area (Å²) in [6.07, 6.45) is 1.62. The van der Waals surface area contributed by atoms with E-state index < -0.39 is 6.04 Å².